The van der Waals surface area contributed by atoms with Crippen molar-refractivity contribution in [2.45, 2.75) is 81.7 Å². The van der Waals surface area contributed by atoms with Crippen molar-refractivity contribution in [3.63, 3.8) is 0 Å². The predicted octanol–water partition coefficient (Wildman–Crippen LogP) is 5.40. The molecule has 0 saturated heterocycles. The van der Waals surface area contributed by atoms with Gasteiger partial charge in [0.25, 0.3) is 11.8 Å². The van der Waals surface area contributed by atoms with Crippen LogP contribution >= 0.6 is 0 Å². The minimum atomic E-state index is -0.882. The Kier molecular flexibility index (Phi) is 5.48. The summed E-state index contributed by atoms with van der Waals surface area (Å²) in [5.41, 5.74) is 3.11. The zero-order chi connectivity index (χ0) is 25.9. The standard InChI is InChI=1S/C31H31NO6/c33-27-22-12-4-5-13-23(22)28(34)32(27)17-9-8-16-31-18-20-10-2-3-11-21(20)26(37-31)25-24(36-31)19-30(38-29(25)35)14-6-1-7-15-30/h2-5,10-13,26H,1,6-9,14-19H2/t26-,31+/m0/s1. The molecule has 1 saturated carbocycles. The van der Waals surface area contributed by atoms with Gasteiger partial charge in [-0.3, -0.25) is 14.5 Å². The topological polar surface area (TPSA) is 82.1 Å². The number of hydrogen-bond acceptors (Lipinski definition) is 6. The van der Waals surface area contributed by atoms with Crippen LogP contribution in [-0.4, -0.2) is 40.6 Å². The number of unbranched alkanes of at least 4 members (excludes halogenated alkanes) is 1. The SMILES string of the molecule is O=C1OC2(CCCCC2)CC2=C1[C@H]1O[C@](CCCCN3C(=O)c4ccccc4C3=O)(Cc3ccccc31)O2. The zero-order valence-electron chi connectivity index (χ0n) is 21.4. The molecule has 38 heavy (non-hydrogen) atoms. The van der Waals surface area contributed by atoms with Crippen molar-refractivity contribution in [3.05, 3.63) is 82.1 Å². The number of carbonyl (C=O) groups is 3. The number of ether oxygens (including phenoxy) is 3. The molecule has 0 radical (unpaired) electrons. The van der Waals surface area contributed by atoms with Crippen LogP contribution in [0.25, 0.3) is 0 Å². The second kappa shape index (κ2) is 8.80. The first-order valence-corrected chi connectivity index (χ1v) is 13.8. The smallest absolute Gasteiger partial charge is 0.341 e. The second-order valence-corrected chi connectivity index (χ2v) is 11.3. The molecule has 0 unspecified atom stereocenters. The van der Waals surface area contributed by atoms with Crippen LogP contribution in [0.3, 0.4) is 0 Å². The van der Waals surface area contributed by atoms with Crippen molar-refractivity contribution < 1.29 is 28.6 Å². The van der Waals surface area contributed by atoms with E-state index >= 15 is 0 Å². The van der Waals surface area contributed by atoms with Gasteiger partial charge in [0.05, 0.1) is 11.1 Å². The molecular formula is C31H31NO6. The van der Waals surface area contributed by atoms with E-state index in [9.17, 15) is 14.4 Å². The monoisotopic (exact) mass is 513 g/mol. The lowest BCUT2D eigenvalue weighted by Crippen LogP contribution is -2.52. The Hall–Kier alpha value is -3.45. The van der Waals surface area contributed by atoms with Gasteiger partial charge in [0, 0.05) is 25.8 Å². The number of carbonyl (C=O) groups excluding carboxylic acids is 3. The van der Waals surface area contributed by atoms with Gasteiger partial charge < -0.3 is 14.2 Å². The normalized spacial score (nSPS) is 27.0. The van der Waals surface area contributed by atoms with Crippen LogP contribution in [-0.2, 0) is 25.4 Å². The van der Waals surface area contributed by atoms with Crippen LogP contribution in [0.1, 0.15) is 95.7 Å². The molecule has 196 valence electrons. The van der Waals surface area contributed by atoms with E-state index < -0.39 is 17.5 Å². The van der Waals surface area contributed by atoms with Gasteiger partial charge in [-0.15, -0.1) is 0 Å². The van der Waals surface area contributed by atoms with Crippen molar-refractivity contribution in [2.75, 3.05) is 6.54 Å². The number of benzene rings is 2. The summed E-state index contributed by atoms with van der Waals surface area (Å²) in [6, 6.07) is 15.1. The highest BCUT2D eigenvalue weighted by atomic mass is 16.7. The Morgan fingerprint density at radius 1 is 0.816 bits per heavy atom. The molecule has 2 aromatic carbocycles. The quantitative estimate of drug-likeness (QED) is 0.303. The maximum Gasteiger partial charge on any atom is 0.341 e. The molecule has 5 aliphatic rings. The summed E-state index contributed by atoms with van der Waals surface area (Å²) in [5, 5.41) is 0. The van der Waals surface area contributed by atoms with Gasteiger partial charge in [0.1, 0.15) is 23.0 Å². The predicted molar refractivity (Wildman–Crippen MR) is 137 cm³/mol. The molecule has 7 rings (SSSR count). The summed E-state index contributed by atoms with van der Waals surface area (Å²) in [6.45, 7) is 0.353. The minimum Gasteiger partial charge on any atom is -0.465 e. The average Bonchev–Trinajstić information content (AvgIpc) is 3.16. The third-order valence-corrected chi connectivity index (χ3v) is 8.85. The van der Waals surface area contributed by atoms with Gasteiger partial charge >= 0.3 is 5.97 Å². The second-order valence-electron chi connectivity index (χ2n) is 11.3. The van der Waals surface area contributed by atoms with E-state index in [2.05, 4.69) is 6.07 Å². The van der Waals surface area contributed by atoms with Gasteiger partial charge in [-0.1, -0.05) is 42.8 Å². The molecule has 4 aliphatic heterocycles. The molecule has 4 heterocycles. The average molecular weight is 514 g/mol. The number of nitrogens with zero attached hydrogens (tertiary/aromatic N) is 1. The van der Waals surface area contributed by atoms with E-state index in [1.807, 2.05) is 18.2 Å². The summed E-state index contributed by atoms with van der Waals surface area (Å²) < 4.78 is 19.4. The minimum absolute atomic E-state index is 0.228. The van der Waals surface area contributed by atoms with E-state index in [0.717, 1.165) is 42.6 Å². The van der Waals surface area contributed by atoms with Gasteiger partial charge in [-0.05, 0) is 61.8 Å². The molecule has 1 aliphatic carbocycles. The van der Waals surface area contributed by atoms with Crippen LogP contribution in [0.15, 0.2) is 59.9 Å². The van der Waals surface area contributed by atoms with Crippen molar-refractivity contribution in [2.24, 2.45) is 0 Å². The maximum absolute atomic E-state index is 13.4. The number of fused-ring (bicyclic) bond motifs is 6. The van der Waals surface area contributed by atoms with Crippen molar-refractivity contribution in [1.82, 2.24) is 4.90 Å². The highest BCUT2D eigenvalue weighted by Crippen LogP contribution is 2.53. The highest BCUT2D eigenvalue weighted by molar-refractivity contribution is 6.21. The van der Waals surface area contributed by atoms with E-state index in [0.29, 0.717) is 55.3 Å². The summed E-state index contributed by atoms with van der Waals surface area (Å²) >= 11 is 0. The van der Waals surface area contributed by atoms with Gasteiger partial charge in [0.15, 0.2) is 0 Å². The molecule has 0 aromatic heterocycles. The number of amides is 2. The van der Waals surface area contributed by atoms with Crippen LogP contribution in [0.4, 0.5) is 0 Å². The van der Waals surface area contributed by atoms with Gasteiger partial charge in [-0.25, -0.2) is 4.79 Å². The molecule has 2 bridgehead atoms. The fraction of sp³-hybridized carbons (Fsp3) is 0.452. The number of rotatable bonds is 5. The number of esters is 1. The third kappa shape index (κ3) is 3.70. The lowest BCUT2D eigenvalue weighted by atomic mass is 9.77. The van der Waals surface area contributed by atoms with E-state index in [4.69, 9.17) is 14.2 Å². The number of imide groups is 1. The first kappa shape index (κ1) is 23.7. The molecular weight excluding hydrogens is 482 g/mol. The highest BCUT2D eigenvalue weighted by Gasteiger charge is 2.54. The summed E-state index contributed by atoms with van der Waals surface area (Å²) in [4.78, 5) is 40.2. The maximum atomic E-state index is 13.4. The Morgan fingerprint density at radius 2 is 1.53 bits per heavy atom. The molecule has 1 spiro atoms. The summed E-state index contributed by atoms with van der Waals surface area (Å²) in [5.74, 6) is -0.918. The van der Waals surface area contributed by atoms with Crippen LogP contribution < -0.4 is 0 Å². The van der Waals surface area contributed by atoms with Gasteiger partial charge in [0.2, 0.25) is 5.79 Å². The van der Waals surface area contributed by atoms with Crippen LogP contribution in [0, 0.1) is 0 Å². The molecule has 2 atom stereocenters. The van der Waals surface area contributed by atoms with E-state index in [-0.39, 0.29) is 17.8 Å². The first-order chi connectivity index (χ1) is 18.5. The molecule has 2 amide bonds. The van der Waals surface area contributed by atoms with E-state index in [1.165, 1.54) is 11.3 Å². The Morgan fingerprint density at radius 3 is 2.29 bits per heavy atom. The molecule has 1 fully saturated rings. The molecule has 7 nitrogen and oxygen atoms in total. The van der Waals surface area contributed by atoms with Crippen LogP contribution in [0.5, 0.6) is 0 Å². The molecule has 2 aromatic rings. The first-order valence-electron chi connectivity index (χ1n) is 13.8. The fourth-order valence-electron chi connectivity index (χ4n) is 6.97. The van der Waals surface area contributed by atoms with Crippen molar-refractivity contribution in [3.8, 4) is 0 Å². The Labute approximate surface area is 221 Å². The Bertz CT molecular complexity index is 1340. The Balaban J connectivity index is 1.11. The van der Waals surface area contributed by atoms with Crippen molar-refractivity contribution >= 4 is 17.8 Å². The molecule has 0 N–H and O–H groups in total. The number of hydrogen-bond donors (Lipinski definition) is 0. The zero-order valence-corrected chi connectivity index (χ0v) is 21.4. The van der Waals surface area contributed by atoms with Crippen molar-refractivity contribution in [1.29, 1.82) is 0 Å². The largest absolute Gasteiger partial charge is 0.465 e. The third-order valence-electron chi connectivity index (χ3n) is 8.85. The lowest BCUT2D eigenvalue weighted by molar-refractivity contribution is -0.272. The van der Waals surface area contributed by atoms with Crippen LogP contribution in [0.2, 0.25) is 0 Å². The van der Waals surface area contributed by atoms with E-state index in [1.54, 1.807) is 24.3 Å². The van der Waals surface area contributed by atoms with Gasteiger partial charge in [-0.2, -0.15) is 0 Å². The lowest BCUT2D eigenvalue weighted by Gasteiger charge is -2.51. The summed E-state index contributed by atoms with van der Waals surface area (Å²) in [6.07, 6.45) is 7.66. The molecule has 7 heteroatoms. The summed E-state index contributed by atoms with van der Waals surface area (Å²) in [7, 11) is 0. The fourth-order valence-corrected chi connectivity index (χ4v) is 6.97.